The zero-order valence-electron chi connectivity index (χ0n) is 8.45. The Morgan fingerprint density at radius 1 is 1.31 bits per heavy atom. The van der Waals surface area contributed by atoms with Gasteiger partial charge in [-0.1, -0.05) is 5.16 Å². The predicted molar refractivity (Wildman–Crippen MR) is 54.9 cm³/mol. The highest BCUT2D eigenvalue weighted by Crippen LogP contribution is 2.11. The molecule has 0 radical (unpaired) electrons. The second kappa shape index (κ2) is 6.17. The molecule has 0 unspecified atom stereocenters. The van der Waals surface area contributed by atoms with Gasteiger partial charge in [0, 0.05) is 12.5 Å². The Balaban J connectivity index is 2.53. The molecule has 16 heavy (non-hydrogen) atoms. The molecule has 0 bridgehead atoms. The van der Waals surface area contributed by atoms with E-state index in [1.807, 2.05) is 0 Å². The van der Waals surface area contributed by atoms with Gasteiger partial charge in [0.05, 0.1) is 24.3 Å². The van der Waals surface area contributed by atoms with Crippen LogP contribution >= 0.6 is 11.6 Å². The first-order chi connectivity index (χ1) is 7.58. The largest absolute Gasteiger partial charge is 0.394 e. The highest BCUT2D eigenvalue weighted by Gasteiger charge is 2.25. The summed E-state index contributed by atoms with van der Waals surface area (Å²) >= 11 is 5.49. The minimum Gasteiger partial charge on any atom is -0.394 e. The van der Waals surface area contributed by atoms with Crippen molar-refractivity contribution >= 4 is 11.6 Å². The van der Waals surface area contributed by atoms with Gasteiger partial charge in [0.25, 0.3) is 0 Å². The Morgan fingerprint density at radius 2 is 2.00 bits per heavy atom. The number of hydrogen-bond donors (Lipinski definition) is 4. The topological polar surface area (TPSA) is 107 Å². The molecule has 3 atom stereocenters. The summed E-state index contributed by atoms with van der Waals surface area (Å²) in [6.45, 7) is -0.621. The smallest absolute Gasteiger partial charge is 0.151 e. The summed E-state index contributed by atoms with van der Waals surface area (Å²) in [5.74, 6) is 0.631. The molecule has 1 heterocycles. The molecule has 1 aromatic heterocycles. The maximum atomic E-state index is 9.52. The molecule has 0 saturated carbocycles. The van der Waals surface area contributed by atoms with Crippen LogP contribution in [0.4, 0.5) is 0 Å². The van der Waals surface area contributed by atoms with Gasteiger partial charge in [-0.05, 0) is 0 Å². The van der Waals surface area contributed by atoms with Gasteiger partial charge in [-0.2, -0.15) is 0 Å². The Hall–Kier alpha value is -0.660. The molecule has 6 nitrogen and oxygen atoms in total. The summed E-state index contributed by atoms with van der Waals surface area (Å²) in [6.07, 6.45) is -4.02. The molecule has 7 heteroatoms. The molecule has 0 spiro atoms. The highest BCUT2D eigenvalue weighted by atomic mass is 35.5. The summed E-state index contributed by atoms with van der Waals surface area (Å²) in [5.41, 5.74) is 0.423. The number of hydrogen-bond acceptors (Lipinski definition) is 6. The van der Waals surface area contributed by atoms with E-state index in [9.17, 15) is 10.2 Å². The van der Waals surface area contributed by atoms with Gasteiger partial charge in [0.2, 0.25) is 0 Å². The lowest BCUT2D eigenvalue weighted by Crippen LogP contribution is -2.40. The lowest BCUT2D eigenvalue weighted by atomic mass is 10.0. The average molecular weight is 252 g/mol. The molecular formula is C9H14ClNO5. The van der Waals surface area contributed by atoms with Crippen molar-refractivity contribution in [1.82, 2.24) is 5.16 Å². The van der Waals surface area contributed by atoms with Crippen LogP contribution in [0.25, 0.3) is 0 Å². The molecule has 0 aromatic carbocycles. The van der Waals surface area contributed by atoms with E-state index in [1.165, 1.54) is 0 Å². The maximum absolute atomic E-state index is 9.52. The third-order valence-corrected chi connectivity index (χ3v) is 2.40. The van der Waals surface area contributed by atoms with E-state index in [4.69, 9.17) is 26.3 Å². The molecule has 0 amide bonds. The van der Waals surface area contributed by atoms with Crippen LogP contribution in [0, 0.1) is 0 Å². The van der Waals surface area contributed by atoms with Crippen molar-refractivity contribution < 1.29 is 24.9 Å². The quantitative estimate of drug-likeness (QED) is 0.485. The molecule has 0 aliphatic heterocycles. The average Bonchev–Trinajstić information content (AvgIpc) is 2.74. The Labute approximate surface area is 97.1 Å². The Bertz CT molecular complexity index is 319. The van der Waals surface area contributed by atoms with E-state index in [-0.39, 0.29) is 12.3 Å². The zero-order valence-corrected chi connectivity index (χ0v) is 9.21. The van der Waals surface area contributed by atoms with Crippen LogP contribution in [0.3, 0.4) is 0 Å². The van der Waals surface area contributed by atoms with Crippen molar-refractivity contribution in [3.8, 4) is 0 Å². The number of rotatable bonds is 6. The van der Waals surface area contributed by atoms with Crippen LogP contribution in [0.1, 0.15) is 11.5 Å². The van der Waals surface area contributed by atoms with Crippen molar-refractivity contribution in [1.29, 1.82) is 0 Å². The molecule has 4 N–H and O–H groups in total. The molecule has 0 fully saturated rings. The van der Waals surface area contributed by atoms with Crippen molar-refractivity contribution in [2.24, 2.45) is 0 Å². The number of alkyl halides is 1. The van der Waals surface area contributed by atoms with Gasteiger partial charge >= 0.3 is 0 Å². The van der Waals surface area contributed by atoms with Crippen molar-refractivity contribution in [3.05, 3.63) is 17.5 Å². The minimum atomic E-state index is -1.43. The van der Waals surface area contributed by atoms with E-state index in [2.05, 4.69) is 5.16 Å². The third-order valence-electron chi connectivity index (χ3n) is 2.13. The molecule has 0 aliphatic carbocycles. The third kappa shape index (κ3) is 3.43. The van der Waals surface area contributed by atoms with E-state index in [1.54, 1.807) is 6.07 Å². The number of halogens is 1. The number of aliphatic hydroxyl groups excluding tert-OH is 4. The number of aromatic nitrogens is 1. The van der Waals surface area contributed by atoms with Gasteiger partial charge in [0.1, 0.15) is 12.2 Å². The monoisotopic (exact) mass is 251 g/mol. The van der Waals surface area contributed by atoms with Crippen LogP contribution in [-0.2, 0) is 12.3 Å². The van der Waals surface area contributed by atoms with Gasteiger partial charge in [-0.3, -0.25) is 0 Å². The summed E-state index contributed by atoms with van der Waals surface area (Å²) in [6, 6.07) is 1.55. The summed E-state index contributed by atoms with van der Waals surface area (Å²) in [5, 5.41) is 40.2. The fraction of sp³-hybridized carbons (Fsp3) is 0.667. The van der Waals surface area contributed by atoms with Gasteiger partial charge < -0.3 is 24.9 Å². The summed E-state index contributed by atoms with van der Waals surface area (Å²) in [4.78, 5) is 0. The van der Waals surface area contributed by atoms with E-state index in [0.717, 1.165) is 0 Å². The fourth-order valence-corrected chi connectivity index (χ4v) is 1.34. The SMILES string of the molecule is OC[C@@H](O)[C@@H](O)[C@H](O)Cc1cc(CCl)on1. The van der Waals surface area contributed by atoms with Crippen molar-refractivity contribution in [2.45, 2.75) is 30.6 Å². The Kier molecular flexibility index (Phi) is 5.17. The fourth-order valence-electron chi connectivity index (χ4n) is 1.21. The normalized spacial score (nSPS) is 17.1. The number of nitrogens with zero attached hydrogens (tertiary/aromatic N) is 1. The number of aliphatic hydroxyl groups is 4. The first-order valence-electron chi connectivity index (χ1n) is 4.74. The first kappa shape index (κ1) is 13.4. The lowest BCUT2D eigenvalue weighted by molar-refractivity contribution is -0.0759. The second-order valence-electron chi connectivity index (χ2n) is 3.43. The second-order valence-corrected chi connectivity index (χ2v) is 3.70. The predicted octanol–water partition coefficient (Wildman–Crippen LogP) is -0.969. The van der Waals surface area contributed by atoms with Crippen LogP contribution in [0.15, 0.2) is 10.6 Å². The maximum Gasteiger partial charge on any atom is 0.151 e. The molecule has 0 saturated heterocycles. The molecule has 1 rings (SSSR count). The van der Waals surface area contributed by atoms with Crippen LogP contribution in [0.2, 0.25) is 0 Å². The zero-order chi connectivity index (χ0) is 12.1. The van der Waals surface area contributed by atoms with Gasteiger partial charge in [0.15, 0.2) is 5.76 Å². The van der Waals surface area contributed by atoms with Crippen LogP contribution < -0.4 is 0 Å². The lowest BCUT2D eigenvalue weighted by Gasteiger charge is -2.20. The molecule has 92 valence electrons. The van der Waals surface area contributed by atoms with Gasteiger partial charge in [-0.25, -0.2) is 0 Å². The van der Waals surface area contributed by atoms with Crippen molar-refractivity contribution in [3.63, 3.8) is 0 Å². The minimum absolute atomic E-state index is 0.0125. The van der Waals surface area contributed by atoms with E-state index < -0.39 is 24.9 Å². The Morgan fingerprint density at radius 3 is 2.50 bits per heavy atom. The first-order valence-corrected chi connectivity index (χ1v) is 5.27. The van der Waals surface area contributed by atoms with Crippen LogP contribution in [0.5, 0.6) is 0 Å². The molecule has 1 aromatic rings. The molecular weight excluding hydrogens is 238 g/mol. The van der Waals surface area contributed by atoms with Gasteiger partial charge in [-0.15, -0.1) is 11.6 Å². The highest BCUT2D eigenvalue weighted by molar-refractivity contribution is 6.16. The van der Waals surface area contributed by atoms with E-state index in [0.29, 0.717) is 11.5 Å². The van der Waals surface area contributed by atoms with E-state index >= 15 is 0 Å². The summed E-state index contributed by atoms with van der Waals surface area (Å²) in [7, 11) is 0. The molecule has 0 aliphatic rings. The summed E-state index contributed by atoms with van der Waals surface area (Å²) < 4.78 is 4.79. The van der Waals surface area contributed by atoms with Crippen LogP contribution in [-0.4, -0.2) is 50.5 Å². The standard InChI is InChI=1S/C9H14ClNO5/c10-3-6-1-5(11-16-6)2-7(13)9(15)8(14)4-12/h1,7-9,12-15H,2-4H2/t7-,8-,9+/m1/s1. The van der Waals surface area contributed by atoms with Crippen molar-refractivity contribution in [2.75, 3.05) is 6.61 Å².